The summed E-state index contributed by atoms with van der Waals surface area (Å²) in [4.78, 5) is 39.0. The first kappa shape index (κ1) is 18.3. The second kappa shape index (κ2) is 7.16. The molecule has 0 aliphatic carbocycles. The molecule has 1 aromatic heterocycles. The Bertz CT molecular complexity index is 1130. The predicted molar refractivity (Wildman–Crippen MR) is 102 cm³/mol. The van der Waals surface area contributed by atoms with Gasteiger partial charge in [-0.2, -0.15) is 0 Å². The average molecular weight is 401 g/mol. The molecule has 1 aliphatic heterocycles. The van der Waals surface area contributed by atoms with Crippen molar-refractivity contribution in [2.75, 3.05) is 7.11 Å². The van der Waals surface area contributed by atoms with Crippen LogP contribution in [0.25, 0.3) is 11.1 Å². The minimum atomic E-state index is -0.740. The predicted octanol–water partition coefficient (Wildman–Crippen LogP) is 2.37. The molecule has 1 aliphatic rings. The number of rotatable bonds is 3. The van der Waals surface area contributed by atoms with E-state index in [-0.39, 0.29) is 19.0 Å². The van der Waals surface area contributed by atoms with Crippen LogP contribution >= 0.6 is 11.6 Å². The van der Waals surface area contributed by atoms with Crippen molar-refractivity contribution in [3.63, 3.8) is 0 Å². The maximum absolute atomic E-state index is 13.1. The van der Waals surface area contributed by atoms with Gasteiger partial charge < -0.3 is 14.1 Å². The molecule has 2 heterocycles. The van der Waals surface area contributed by atoms with Gasteiger partial charge in [-0.15, -0.1) is 0 Å². The number of hydrogen-bond donors (Lipinski definition) is 0. The van der Waals surface area contributed by atoms with Crippen LogP contribution in [-0.2, 0) is 33.8 Å². The number of carbonyl (C=O) groups is 2. The van der Waals surface area contributed by atoms with Crippen LogP contribution < -0.4 is 5.76 Å². The van der Waals surface area contributed by atoms with Crippen LogP contribution in [0.4, 0.5) is 0 Å². The highest BCUT2D eigenvalue weighted by Gasteiger charge is 2.35. The number of halogens is 1. The van der Waals surface area contributed by atoms with Crippen LogP contribution in [0.3, 0.4) is 0 Å². The first-order valence-corrected chi connectivity index (χ1v) is 9.08. The van der Waals surface area contributed by atoms with E-state index in [1.807, 2.05) is 24.3 Å². The van der Waals surface area contributed by atoms with Gasteiger partial charge in [0.15, 0.2) is 5.58 Å². The van der Waals surface area contributed by atoms with Gasteiger partial charge in [-0.3, -0.25) is 9.36 Å². The van der Waals surface area contributed by atoms with Gasteiger partial charge in [-0.05, 0) is 23.3 Å². The second-order valence-corrected chi connectivity index (χ2v) is 7.04. The molecule has 3 aromatic rings. The normalized spacial score (nSPS) is 16.1. The summed E-state index contributed by atoms with van der Waals surface area (Å²) < 4.78 is 11.3. The van der Waals surface area contributed by atoms with Crippen molar-refractivity contribution in [1.82, 2.24) is 9.47 Å². The van der Waals surface area contributed by atoms with E-state index >= 15 is 0 Å². The molecule has 4 rings (SSSR count). The van der Waals surface area contributed by atoms with Crippen LogP contribution in [-0.4, -0.2) is 34.5 Å². The molecule has 0 radical (unpaired) electrons. The van der Waals surface area contributed by atoms with Crippen molar-refractivity contribution >= 4 is 34.6 Å². The number of methoxy groups -OCH3 is 1. The minimum absolute atomic E-state index is 0.247. The summed E-state index contributed by atoms with van der Waals surface area (Å²) in [6, 6.07) is 11.7. The van der Waals surface area contributed by atoms with Crippen molar-refractivity contribution in [2.45, 2.75) is 25.6 Å². The van der Waals surface area contributed by atoms with Gasteiger partial charge in [0.05, 0.1) is 12.6 Å². The lowest BCUT2D eigenvalue weighted by Gasteiger charge is -2.35. The molecule has 2 aromatic carbocycles. The smallest absolute Gasteiger partial charge is 0.420 e. The number of hydrogen-bond acceptors (Lipinski definition) is 5. The molecule has 28 heavy (non-hydrogen) atoms. The van der Waals surface area contributed by atoms with E-state index < -0.39 is 17.8 Å². The second-order valence-electron chi connectivity index (χ2n) is 6.60. The van der Waals surface area contributed by atoms with Gasteiger partial charge in [0, 0.05) is 24.1 Å². The third-order valence-corrected chi connectivity index (χ3v) is 5.20. The van der Waals surface area contributed by atoms with Crippen molar-refractivity contribution in [2.24, 2.45) is 0 Å². The lowest BCUT2D eigenvalue weighted by atomic mass is 9.94. The highest BCUT2D eigenvalue weighted by Crippen LogP contribution is 2.25. The molecule has 0 saturated carbocycles. The zero-order chi connectivity index (χ0) is 19.8. The summed E-state index contributed by atoms with van der Waals surface area (Å²) in [5, 5.41) is 0.429. The van der Waals surface area contributed by atoms with Crippen molar-refractivity contribution < 1.29 is 18.7 Å². The lowest BCUT2D eigenvalue weighted by Crippen LogP contribution is -2.50. The molecule has 8 heteroatoms. The summed E-state index contributed by atoms with van der Waals surface area (Å²) in [6.07, 6.45) is 0.366. The molecule has 1 amide bonds. The van der Waals surface area contributed by atoms with Gasteiger partial charge in [-0.1, -0.05) is 35.9 Å². The molecule has 7 nitrogen and oxygen atoms in total. The molecule has 0 fully saturated rings. The van der Waals surface area contributed by atoms with E-state index in [2.05, 4.69) is 0 Å². The van der Waals surface area contributed by atoms with Gasteiger partial charge in [0.1, 0.15) is 12.6 Å². The van der Waals surface area contributed by atoms with Crippen LogP contribution in [0.5, 0.6) is 0 Å². The molecule has 1 atom stereocenters. The van der Waals surface area contributed by atoms with Crippen LogP contribution in [0.1, 0.15) is 11.1 Å². The number of fused-ring (bicyclic) bond motifs is 2. The number of oxazole rings is 1. The Morgan fingerprint density at radius 1 is 1.21 bits per heavy atom. The maximum atomic E-state index is 13.1. The molecular weight excluding hydrogens is 384 g/mol. The quantitative estimate of drug-likeness (QED) is 0.630. The van der Waals surface area contributed by atoms with Gasteiger partial charge >= 0.3 is 11.7 Å². The van der Waals surface area contributed by atoms with Crippen molar-refractivity contribution in [1.29, 1.82) is 0 Å². The molecule has 0 spiro atoms. The monoisotopic (exact) mass is 400 g/mol. The molecule has 0 saturated heterocycles. The number of ether oxygens (including phenoxy) is 1. The fourth-order valence-corrected chi connectivity index (χ4v) is 3.71. The Kier molecular flexibility index (Phi) is 4.68. The van der Waals surface area contributed by atoms with E-state index in [9.17, 15) is 14.4 Å². The number of aromatic nitrogens is 1. The van der Waals surface area contributed by atoms with Crippen LogP contribution in [0.15, 0.2) is 51.7 Å². The van der Waals surface area contributed by atoms with E-state index in [1.165, 1.54) is 22.6 Å². The Morgan fingerprint density at radius 2 is 1.96 bits per heavy atom. The summed E-state index contributed by atoms with van der Waals surface area (Å²) in [5.41, 5.74) is 2.74. The Labute approximate surface area is 165 Å². The third-order valence-electron chi connectivity index (χ3n) is 4.97. The van der Waals surface area contributed by atoms with E-state index in [1.54, 1.807) is 12.1 Å². The van der Waals surface area contributed by atoms with E-state index in [0.29, 0.717) is 22.5 Å². The topological polar surface area (TPSA) is 81.8 Å². The summed E-state index contributed by atoms with van der Waals surface area (Å²) in [6.45, 7) is 0.0221. The average Bonchev–Trinajstić information content (AvgIpc) is 3.00. The first-order chi connectivity index (χ1) is 13.5. The minimum Gasteiger partial charge on any atom is -0.467 e. The fourth-order valence-electron chi connectivity index (χ4n) is 3.55. The summed E-state index contributed by atoms with van der Waals surface area (Å²) in [5.74, 6) is -1.51. The number of benzene rings is 2. The highest BCUT2D eigenvalue weighted by atomic mass is 35.5. The molecule has 144 valence electrons. The first-order valence-electron chi connectivity index (χ1n) is 8.71. The molecule has 0 N–H and O–H groups in total. The van der Waals surface area contributed by atoms with Crippen molar-refractivity contribution in [3.8, 4) is 0 Å². The van der Waals surface area contributed by atoms with Gasteiger partial charge in [0.25, 0.3) is 0 Å². The standard InChI is InChI=1S/C20H17ClN2O5/c1-27-19(25)16-8-12-4-2-3-5-13(12)10-22(16)18(24)11-23-15-7-6-14(21)9-17(15)28-20(23)26/h2-7,9,16H,8,10-11H2,1H3/t16-/m0/s1. The third kappa shape index (κ3) is 3.18. The zero-order valence-corrected chi connectivity index (χ0v) is 15.8. The highest BCUT2D eigenvalue weighted by molar-refractivity contribution is 6.31. The van der Waals surface area contributed by atoms with E-state index in [0.717, 1.165) is 11.1 Å². The van der Waals surface area contributed by atoms with Crippen LogP contribution in [0, 0.1) is 0 Å². The maximum Gasteiger partial charge on any atom is 0.420 e. The Morgan fingerprint density at radius 3 is 2.71 bits per heavy atom. The van der Waals surface area contributed by atoms with Crippen LogP contribution in [0.2, 0.25) is 5.02 Å². The Hall–Kier alpha value is -3.06. The Balaban J connectivity index is 1.67. The van der Waals surface area contributed by atoms with Gasteiger partial charge in [-0.25, -0.2) is 9.59 Å². The lowest BCUT2D eigenvalue weighted by molar-refractivity contribution is -0.154. The van der Waals surface area contributed by atoms with Crippen molar-refractivity contribution in [3.05, 3.63) is 69.2 Å². The number of nitrogens with zero attached hydrogens (tertiary/aromatic N) is 2. The zero-order valence-electron chi connectivity index (χ0n) is 15.1. The van der Waals surface area contributed by atoms with Gasteiger partial charge in [0.2, 0.25) is 5.91 Å². The van der Waals surface area contributed by atoms with E-state index in [4.69, 9.17) is 20.8 Å². The summed E-state index contributed by atoms with van der Waals surface area (Å²) in [7, 11) is 1.29. The molecule has 0 unspecified atom stereocenters. The molecule has 0 bridgehead atoms. The SMILES string of the molecule is COC(=O)[C@@H]1Cc2ccccc2CN1C(=O)Cn1c(=O)oc2cc(Cl)ccc21. The largest absolute Gasteiger partial charge is 0.467 e. The number of carbonyl (C=O) groups excluding carboxylic acids is 2. The number of esters is 1. The number of amides is 1. The molecular formula is C20H17ClN2O5. The fraction of sp³-hybridized carbons (Fsp3) is 0.250. The summed E-state index contributed by atoms with van der Waals surface area (Å²) >= 11 is 5.93.